The van der Waals surface area contributed by atoms with E-state index < -0.39 is 0 Å². The number of nitrogens with zero attached hydrogens (tertiary/aromatic N) is 1. The lowest BCUT2D eigenvalue weighted by Gasteiger charge is -2.16. The molecular formula is C13H20Cl2N2OS. The second-order valence-corrected chi connectivity index (χ2v) is 5.46. The summed E-state index contributed by atoms with van der Waals surface area (Å²) in [6, 6.07) is 7.73. The Balaban J connectivity index is 0.00000324. The molecule has 0 unspecified atom stereocenters. The lowest BCUT2D eigenvalue weighted by Crippen LogP contribution is -2.33. The average Bonchev–Trinajstić information content (AvgIpc) is 2.38. The summed E-state index contributed by atoms with van der Waals surface area (Å²) in [5, 5.41) is 3.77. The summed E-state index contributed by atoms with van der Waals surface area (Å²) in [6.45, 7) is 1.57. The zero-order chi connectivity index (χ0) is 13.4. The number of amides is 1. The summed E-state index contributed by atoms with van der Waals surface area (Å²) < 4.78 is 0. The first-order valence-electron chi connectivity index (χ1n) is 5.84. The smallest absolute Gasteiger partial charge is 0.232 e. The van der Waals surface area contributed by atoms with Gasteiger partial charge in [0.1, 0.15) is 0 Å². The van der Waals surface area contributed by atoms with Gasteiger partial charge in [-0.1, -0.05) is 23.7 Å². The molecule has 0 aliphatic carbocycles. The van der Waals surface area contributed by atoms with E-state index in [2.05, 4.69) is 5.32 Å². The van der Waals surface area contributed by atoms with Gasteiger partial charge < -0.3 is 10.2 Å². The monoisotopic (exact) mass is 322 g/mol. The maximum absolute atomic E-state index is 11.7. The highest BCUT2D eigenvalue weighted by Gasteiger charge is 2.07. The number of carbonyl (C=O) groups is 1. The minimum absolute atomic E-state index is 0. The summed E-state index contributed by atoms with van der Waals surface area (Å²) in [6.07, 6.45) is 0. The van der Waals surface area contributed by atoms with Gasteiger partial charge in [-0.3, -0.25) is 4.79 Å². The fourth-order valence-corrected chi connectivity index (χ4v) is 2.40. The molecule has 0 spiro atoms. The molecule has 0 fully saturated rings. The molecule has 0 atom stereocenters. The molecule has 19 heavy (non-hydrogen) atoms. The maximum Gasteiger partial charge on any atom is 0.232 e. The highest BCUT2D eigenvalue weighted by molar-refractivity contribution is 7.99. The molecule has 0 saturated heterocycles. The predicted octanol–water partition coefficient (Wildman–Crippen LogP) is 2.67. The topological polar surface area (TPSA) is 32.3 Å². The second-order valence-electron chi connectivity index (χ2n) is 4.04. The summed E-state index contributed by atoms with van der Waals surface area (Å²) in [5.74, 6) is 1.52. The van der Waals surface area contributed by atoms with E-state index in [0.717, 1.165) is 23.9 Å². The summed E-state index contributed by atoms with van der Waals surface area (Å²) in [7, 11) is 3.72. The predicted molar refractivity (Wildman–Crippen MR) is 86.4 cm³/mol. The maximum atomic E-state index is 11.7. The number of carbonyl (C=O) groups excluding carboxylic acids is 1. The SMILES string of the molecule is CNCCN(C)C(=O)CSCc1ccc(Cl)cc1.Cl. The van der Waals surface area contributed by atoms with Crippen LogP contribution in [0.3, 0.4) is 0 Å². The minimum atomic E-state index is 0. The molecule has 0 aliphatic heterocycles. The quantitative estimate of drug-likeness (QED) is 0.837. The summed E-state index contributed by atoms with van der Waals surface area (Å²) >= 11 is 7.44. The van der Waals surface area contributed by atoms with E-state index >= 15 is 0 Å². The molecule has 1 amide bonds. The van der Waals surface area contributed by atoms with Crippen molar-refractivity contribution in [1.29, 1.82) is 0 Å². The highest BCUT2D eigenvalue weighted by atomic mass is 35.5. The molecule has 0 bridgehead atoms. The average molecular weight is 323 g/mol. The number of nitrogens with one attached hydrogen (secondary N) is 1. The first-order chi connectivity index (χ1) is 8.63. The van der Waals surface area contributed by atoms with Crippen LogP contribution >= 0.6 is 35.8 Å². The van der Waals surface area contributed by atoms with Crippen LogP contribution in [0.1, 0.15) is 5.56 Å². The lowest BCUT2D eigenvalue weighted by molar-refractivity contribution is -0.127. The van der Waals surface area contributed by atoms with Gasteiger partial charge in [0.25, 0.3) is 0 Å². The molecule has 0 aliphatic rings. The molecular weight excluding hydrogens is 303 g/mol. The van der Waals surface area contributed by atoms with Crippen molar-refractivity contribution >= 4 is 41.7 Å². The molecule has 0 aromatic heterocycles. The molecule has 0 saturated carbocycles. The third-order valence-electron chi connectivity index (χ3n) is 2.53. The van der Waals surface area contributed by atoms with Gasteiger partial charge in [0, 0.05) is 30.9 Å². The number of hydrogen-bond donors (Lipinski definition) is 1. The lowest BCUT2D eigenvalue weighted by atomic mass is 10.2. The van der Waals surface area contributed by atoms with E-state index in [1.54, 1.807) is 16.7 Å². The number of likely N-dealkylation sites (N-methyl/N-ethyl adjacent to an activating group) is 2. The molecule has 3 nitrogen and oxygen atoms in total. The fraction of sp³-hybridized carbons (Fsp3) is 0.462. The third-order valence-corrected chi connectivity index (χ3v) is 3.77. The van der Waals surface area contributed by atoms with Crippen molar-refractivity contribution in [2.24, 2.45) is 0 Å². The van der Waals surface area contributed by atoms with Crippen LogP contribution in [0.4, 0.5) is 0 Å². The summed E-state index contributed by atoms with van der Waals surface area (Å²) in [5.41, 5.74) is 1.19. The Morgan fingerprint density at radius 1 is 1.37 bits per heavy atom. The van der Waals surface area contributed by atoms with Crippen LogP contribution in [-0.2, 0) is 10.5 Å². The van der Waals surface area contributed by atoms with Gasteiger partial charge in [-0.05, 0) is 24.7 Å². The van der Waals surface area contributed by atoms with Gasteiger partial charge in [-0.15, -0.1) is 24.2 Å². The molecule has 0 heterocycles. The Labute approximate surface area is 130 Å². The Morgan fingerprint density at radius 2 is 2.00 bits per heavy atom. The van der Waals surface area contributed by atoms with Crippen molar-refractivity contribution in [3.05, 3.63) is 34.9 Å². The first-order valence-corrected chi connectivity index (χ1v) is 7.37. The number of rotatable bonds is 7. The number of thioether (sulfide) groups is 1. The van der Waals surface area contributed by atoms with Crippen LogP contribution in [-0.4, -0.2) is 43.7 Å². The van der Waals surface area contributed by atoms with E-state index in [1.165, 1.54) is 5.56 Å². The first kappa shape index (κ1) is 18.6. The molecule has 1 rings (SSSR count). The van der Waals surface area contributed by atoms with Gasteiger partial charge in [0.2, 0.25) is 5.91 Å². The normalized spacial score (nSPS) is 9.84. The zero-order valence-corrected chi connectivity index (χ0v) is 13.6. The molecule has 1 aromatic rings. The van der Waals surface area contributed by atoms with Crippen LogP contribution in [0.25, 0.3) is 0 Å². The van der Waals surface area contributed by atoms with Gasteiger partial charge in [0.15, 0.2) is 0 Å². The molecule has 1 N–H and O–H groups in total. The van der Waals surface area contributed by atoms with Crippen molar-refractivity contribution in [2.75, 3.05) is 32.9 Å². The van der Waals surface area contributed by atoms with E-state index in [0.29, 0.717) is 5.75 Å². The van der Waals surface area contributed by atoms with Crippen LogP contribution in [0, 0.1) is 0 Å². The zero-order valence-electron chi connectivity index (χ0n) is 11.2. The van der Waals surface area contributed by atoms with E-state index in [4.69, 9.17) is 11.6 Å². The Hall–Kier alpha value is -0.420. The number of halogens is 2. The van der Waals surface area contributed by atoms with Crippen LogP contribution in [0.5, 0.6) is 0 Å². The largest absolute Gasteiger partial charge is 0.344 e. The van der Waals surface area contributed by atoms with E-state index in [-0.39, 0.29) is 18.3 Å². The van der Waals surface area contributed by atoms with Crippen molar-refractivity contribution < 1.29 is 4.79 Å². The highest BCUT2D eigenvalue weighted by Crippen LogP contribution is 2.15. The van der Waals surface area contributed by atoms with E-state index in [9.17, 15) is 4.79 Å². The Morgan fingerprint density at radius 3 is 2.58 bits per heavy atom. The van der Waals surface area contributed by atoms with E-state index in [1.807, 2.05) is 38.4 Å². The molecule has 1 aromatic carbocycles. The molecule has 0 radical (unpaired) electrons. The minimum Gasteiger partial charge on any atom is -0.344 e. The second kappa shape index (κ2) is 10.4. The van der Waals surface area contributed by atoms with Crippen molar-refractivity contribution in [3.63, 3.8) is 0 Å². The van der Waals surface area contributed by atoms with Crippen LogP contribution in [0.2, 0.25) is 5.02 Å². The summed E-state index contributed by atoms with van der Waals surface area (Å²) in [4.78, 5) is 13.5. The molecule has 108 valence electrons. The number of hydrogen-bond acceptors (Lipinski definition) is 3. The molecule has 6 heteroatoms. The Kier molecular flexibility index (Phi) is 10.1. The van der Waals surface area contributed by atoms with Crippen molar-refractivity contribution in [1.82, 2.24) is 10.2 Å². The van der Waals surface area contributed by atoms with Crippen LogP contribution < -0.4 is 5.32 Å². The number of benzene rings is 1. The van der Waals surface area contributed by atoms with Gasteiger partial charge in [-0.25, -0.2) is 0 Å². The van der Waals surface area contributed by atoms with Crippen molar-refractivity contribution in [3.8, 4) is 0 Å². The Bertz CT molecular complexity index is 373. The van der Waals surface area contributed by atoms with Gasteiger partial charge in [0.05, 0.1) is 5.75 Å². The third kappa shape index (κ3) is 7.67. The van der Waals surface area contributed by atoms with Crippen LogP contribution in [0.15, 0.2) is 24.3 Å². The van der Waals surface area contributed by atoms with Crippen molar-refractivity contribution in [2.45, 2.75) is 5.75 Å². The standard InChI is InChI=1S/C13H19ClN2OS.ClH/c1-15-7-8-16(2)13(17)10-18-9-11-3-5-12(14)6-4-11;/h3-6,15H,7-10H2,1-2H3;1H. The fourth-order valence-electron chi connectivity index (χ4n) is 1.35. The van der Waals surface area contributed by atoms with Gasteiger partial charge >= 0.3 is 0 Å². The van der Waals surface area contributed by atoms with Gasteiger partial charge in [-0.2, -0.15) is 0 Å².